The van der Waals surface area contributed by atoms with E-state index in [4.69, 9.17) is 0 Å². The fourth-order valence-corrected chi connectivity index (χ4v) is 0.815. The Morgan fingerprint density at radius 1 is 1.33 bits per heavy atom. The summed E-state index contributed by atoms with van der Waals surface area (Å²) >= 11 is 0. The van der Waals surface area contributed by atoms with Crippen LogP contribution in [0.2, 0.25) is 0 Å². The number of terminal acetylenes is 1. The molecule has 0 saturated heterocycles. The van der Waals surface area contributed by atoms with E-state index in [9.17, 15) is 0 Å². The van der Waals surface area contributed by atoms with Crippen LogP contribution in [-0.4, -0.2) is 6.21 Å². The van der Waals surface area contributed by atoms with Gasteiger partial charge in [0.25, 0.3) is 0 Å². The van der Waals surface area contributed by atoms with Gasteiger partial charge >= 0.3 is 0 Å². The lowest BCUT2D eigenvalue weighted by molar-refractivity contribution is 1.15. The van der Waals surface area contributed by atoms with Crippen LogP contribution in [0.5, 0.6) is 0 Å². The van der Waals surface area contributed by atoms with Gasteiger partial charge in [-0.05, 0) is 26.0 Å². The van der Waals surface area contributed by atoms with E-state index in [1.807, 2.05) is 26.1 Å². The van der Waals surface area contributed by atoms with E-state index in [0.29, 0.717) is 0 Å². The average Bonchev–Trinajstić information content (AvgIpc) is 2.33. The highest BCUT2D eigenvalue weighted by molar-refractivity contribution is 5.73. The van der Waals surface area contributed by atoms with Gasteiger partial charge in [-0.15, -0.1) is 12.8 Å². The number of rotatable bonds is 1. The zero-order valence-electron chi connectivity index (χ0n) is 10.2. The zero-order chi connectivity index (χ0) is 12.1. The lowest BCUT2D eigenvalue weighted by atomic mass is 10.2. The van der Waals surface area contributed by atoms with Gasteiger partial charge in [0.2, 0.25) is 0 Å². The minimum atomic E-state index is 0.959. The molecular weight excluding hydrogens is 182 g/mol. The van der Waals surface area contributed by atoms with Crippen molar-refractivity contribution in [3.8, 4) is 12.8 Å². The molecular formula is C14H21N. The van der Waals surface area contributed by atoms with Crippen molar-refractivity contribution in [1.29, 1.82) is 0 Å². The average molecular weight is 203 g/mol. The molecule has 1 aliphatic rings. The second kappa shape index (κ2) is 12.4. The molecule has 0 N–H and O–H groups in total. The Kier molecular flexibility index (Phi) is 13.2. The summed E-state index contributed by atoms with van der Waals surface area (Å²) in [6.45, 7) is 8.17. The van der Waals surface area contributed by atoms with Crippen LogP contribution in [0.3, 0.4) is 0 Å². The molecule has 15 heavy (non-hydrogen) atoms. The van der Waals surface area contributed by atoms with Crippen molar-refractivity contribution in [2.75, 3.05) is 0 Å². The Labute approximate surface area is 94.3 Å². The first kappa shape index (κ1) is 15.9. The summed E-state index contributed by atoms with van der Waals surface area (Å²) in [6.07, 6.45) is 19.0. The van der Waals surface area contributed by atoms with Crippen molar-refractivity contribution in [1.82, 2.24) is 0 Å². The monoisotopic (exact) mass is 203 g/mol. The molecule has 1 rings (SSSR count). The maximum atomic E-state index is 4.21. The van der Waals surface area contributed by atoms with Gasteiger partial charge in [0.15, 0.2) is 0 Å². The molecule has 0 radical (unpaired) electrons. The first-order valence-corrected chi connectivity index (χ1v) is 5.15. The van der Waals surface area contributed by atoms with E-state index in [1.54, 1.807) is 0 Å². The van der Waals surface area contributed by atoms with Gasteiger partial charge in [0.05, 0.1) is 0 Å². The molecule has 1 aliphatic heterocycles. The van der Waals surface area contributed by atoms with Crippen LogP contribution in [0, 0.1) is 12.8 Å². The van der Waals surface area contributed by atoms with Gasteiger partial charge in [-0.1, -0.05) is 31.6 Å². The minimum absolute atomic E-state index is 0.959. The SMILES string of the molecule is C#C.CC.CC(C)=C/C=C1\CC=CC=N1. The van der Waals surface area contributed by atoms with Crippen LogP contribution >= 0.6 is 0 Å². The number of allylic oxidation sites excluding steroid dienone is 5. The molecule has 0 saturated carbocycles. The van der Waals surface area contributed by atoms with Crippen molar-refractivity contribution in [3.63, 3.8) is 0 Å². The van der Waals surface area contributed by atoms with Crippen LogP contribution in [0.4, 0.5) is 0 Å². The third-order valence-electron chi connectivity index (χ3n) is 1.40. The molecule has 0 aliphatic carbocycles. The van der Waals surface area contributed by atoms with E-state index in [1.165, 1.54) is 5.57 Å². The molecule has 0 fully saturated rings. The number of dihydropyridines is 1. The Balaban J connectivity index is 0. The molecule has 0 aromatic carbocycles. The van der Waals surface area contributed by atoms with Crippen molar-refractivity contribution >= 4 is 6.21 Å². The standard InChI is InChI=1S/C10H13N.C2H6.C2H2/c1-9(2)6-7-10-5-3-4-8-11-10;2*1-2/h3-4,6-8H,5H2,1-2H3;1-2H3;1-2H/b10-7+;;. The van der Waals surface area contributed by atoms with E-state index in [2.05, 4.69) is 49.9 Å². The van der Waals surface area contributed by atoms with E-state index >= 15 is 0 Å². The lowest BCUT2D eigenvalue weighted by Gasteiger charge is -1.98. The number of nitrogens with zero attached hydrogens (tertiary/aromatic N) is 1. The quantitative estimate of drug-likeness (QED) is 0.568. The highest BCUT2D eigenvalue weighted by atomic mass is 14.7. The third-order valence-corrected chi connectivity index (χ3v) is 1.40. The van der Waals surface area contributed by atoms with Crippen molar-refractivity contribution in [2.45, 2.75) is 34.1 Å². The van der Waals surface area contributed by atoms with Gasteiger partial charge in [0.1, 0.15) is 0 Å². The molecule has 1 nitrogen and oxygen atoms in total. The third kappa shape index (κ3) is 10.4. The van der Waals surface area contributed by atoms with E-state index in [-0.39, 0.29) is 0 Å². The molecule has 1 heterocycles. The number of aliphatic imine (C=N–C) groups is 1. The van der Waals surface area contributed by atoms with Gasteiger partial charge in [0, 0.05) is 18.3 Å². The van der Waals surface area contributed by atoms with Crippen molar-refractivity contribution in [2.24, 2.45) is 4.99 Å². The predicted octanol–water partition coefficient (Wildman–Crippen LogP) is 4.14. The Hall–Kier alpha value is -1.55. The van der Waals surface area contributed by atoms with Crippen LogP contribution in [0.1, 0.15) is 34.1 Å². The molecule has 0 aromatic rings. The van der Waals surface area contributed by atoms with Gasteiger partial charge in [-0.2, -0.15) is 0 Å². The number of hydrogen-bond donors (Lipinski definition) is 0. The largest absolute Gasteiger partial charge is 0.261 e. The second-order valence-electron chi connectivity index (χ2n) is 2.81. The molecule has 0 spiro atoms. The predicted molar refractivity (Wildman–Crippen MR) is 71.0 cm³/mol. The molecule has 82 valence electrons. The topological polar surface area (TPSA) is 12.4 Å². The maximum absolute atomic E-state index is 4.21. The summed E-state index contributed by atoms with van der Waals surface area (Å²) in [4.78, 5) is 4.21. The summed E-state index contributed by atoms with van der Waals surface area (Å²) in [7, 11) is 0. The van der Waals surface area contributed by atoms with Gasteiger partial charge in [-0.3, -0.25) is 4.99 Å². The first-order chi connectivity index (χ1) is 7.29. The van der Waals surface area contributed by atoms with Crippen molar-refractivity contribution in [3.05, 3.63) is 35.6 Å². The summed E-state index contributed by atoms with van der Waals surface area (Å²) < 4.78 is 0. The van der Waals surface area contributed by atoms with Gasteiger partial charge in [-0.25, -0.2) is 0 Å². The van der Waals surface area contributed by atoms with Crippen LogP contribution < -0.4 is 0 Å². The molecule has 1 heteroatoms. The van der Waals surface area contributed by atoms with Crippen LogP contribution in [-0.2, 0) is 0 Å². The molecule has 0 aromatic heterocycles. The maximum Gasteiger partial charge on any atom is 0.0441 e. The fourth-order valence-electron chi connectivity index (χ4n) is 0.815. The van der Waals surface area contributed by atoms with Crippen LogP contribution in [0.25, 0.3) is 0 Å². The van der Waals surface area contributed by atoms with E-state index in [0.717, 1.165) is 12.1 Å². The smallest absolute Gasteiger partial charge is 0.0441 e. The van der Waals surface area contributed by atoms with Gasteiger partial charge < -0.3 is 0 Å². The highest BCUT2D eigenvalue weighted by Gasteiger charge is 1.91. The highest BCUT2D eigenvalue weighted by Crippen LogP contribution is 2.08. The Bertz CT molecular complexity index is 271. The minimum Gasteiger partial charge on any atom is -0.261 e. The zero-order valence-corrected chi connectivity index (χ0v) is 10.2. The molecule has 0 bridgehead atoms. The Morgan fingerprint density at radius 2 is 1.93 bits per heavy atom. The second-order valence-corrected chi connectivity index (χ2v) is 2.81. The van der Waals surface area contributed by atoms with Crippen molar-refractivity contribution < 1.29 is 0 Å². The van der Waals surface area contributed by atoms with Crippen LogP contribution in [0.15, 0.2) is 40.6 Å². The Morgan fingerprint density at radius 3 is 2.33 bits per heavy atom. The molecule has 0 atom stereocenters. The molecule has 0 amide bonds. The summed E-state index contributed by atoms with van der Waals surface area (Å²) in [5.41, 5.74) is 2.44. The molecule has 0 unspecified atom stereocenters. The fraction of sp³-hybridized carbons (Fsp3) is 0.357. The summed E-state index contributed by atoms with van der Waals surface area (Å²) in [6, 6.07) is 0. The van der Waals surface area contributed by atoms with E-state index < -0.39 is 0 Å². The number of hydrogen-bond acceptors (Lipinski definition) is 1. The summed E-state index contributed by atoms with van der Waals surface area (Å²) in [5.74, 6) is 0. The summed E-state index contributed by atoms with van der Waals surface area (Å²) in [5, 5.41) is 0. The first-order valence-electron chi connectivity index (χ1n) is 5.15. The lowest BCUT2D eigenvalue weighted by Crippen LogP contribution is -1.82. The normalized spacial score (nSPS) is 14.4.